The number of anilines is 1. The molecule has 0 unspecified atom stereocenters. The van der Waals surface area contributed by atoms with Crippen molar-refractivity contribution in [3.63, 3.8) is 0 Å². The molecule has 1 N–H and O–H groups in total. The lowest BCUT2D eigenvalue weighted by molar-refractivity contribution is 0.0685. The third-order valence-corrected chi connectivity index (χ3v) is 6.96. The molecule has 10 nitrogen and oxygen atoms in total. The number of nitrogens with one attached hydrogen (secondary N) is 1. The van der Waals surface area contributed by atoms with Crippen molar-refractivity contribution in [2.75, 3.05) is 32.6 Å². The van der Waals surface area contributed by atoms with E-state index in [4.69, 9.17) is 4.74 Å². The lowest BCUT2D eigenvalue weighted by Gasteiger charge is -2.24. The number of rotatable bonds is 6. The Morgan fingerprint density at radius 2 is 2.00 bits per heavy atom. The van der Waals surface area contributed by atoms with Gasteiger partial charge in [-0.05, 0) is 31.0 Å². The predicted octanol–water partition coefficient (Wildman–Crippen LogP) is 1.21. The molecule has 1 saturated heterocycles. The average Bonchev–Trinajstić information content (AvgIpc) is 3.23. The Labute approximate surface area is 174 Å². The van der Waals surface area contributed by atoms with E-state index in [9.17, 15) is 13.2 Å². The summed E-state index contributed by atoms with van der Waals surface area (Å²) in [7, 11) is -0.725. The fraction of sp³-hybridized carbons (Fsp3) is 0.421. The molecule has 1 aliphatic heterocycles. The van der Waals surface area contributed by atoms with Crippen LogP contribution in [-0.4, -0.2) is 58.5 Å². The summed E-state index contributed by atoms with van der Waals surface area (Å²) in [6, 6.07) is 5.41. The lowest BCUT2D eigenvalue weighted by Crippen LogP contribution is -2.30. The van der Waals surface area contributed by atoms with E-state index in [0.29, 0.717) is 35.6 Å². The van der Waals surface area contributed by atoms with Gasteiger partial charge in [0, 0.05) is 51.4 Å². The van der Waals surface area contributed by atoms with Crippen LogP contribution in [0.25, 0.3) is 10.9 Å². The first-order chi connectivity index (χ1) is 14.4. The molecular weight excluding hydrogens is 408 g/mol. The molecule has 0 saturated carbocycles. The number of ether oxygens (including phenoxy) is 1. The van der Waals surface area contributed by atoms with Crippen molar-refractivity contribution in [1.82, 2.24) is 22.8 Å². The maximum absolute atomic E-state index is 13.0. The van der Waals surface area contributed by atoms with Crippen LogP contribution in [0.1, 0.15) is 24.7 Å². The fourth-order valence-corrected chi connectivity index (χ4v) is 4.42. The smallest absolute Gasteiger partial charge is 0.308 e. The second-order valence-corrected chi connectivity index (χ2v) is 9.33. The maximum Gasteiger partial charge on any atom is 0.308 e. The molecule has 1 aliphatic rings. The van der Waals surface area contributed by atoms with Crippen LogP contribution >= 0.6 is 0 Å². The van der Waals surface area contributed by atoms with Gasteiger partial charge in [0.1, 0.15) is 5.82 Å². The minimum Gasteiger partial charge on any atom is -0.381 e. The number of benzene rings is 1. The van der Waals surface area contributed by atoms with Gasteiger partial charge in [-0.15, -0.1) is 0 Å². The molecule has 160 valence electrons. The molecule has 0 radical (unpaired) electrons. The minimum absolute atomic E-state index is 0.0866. The monoisotopic (exact) mass is 432 g/mol. The van der Waals surface area contributed by atoms with E-state index in [1.54, 1.807) is 29.1 Å². The van der Waals surface area contributed by atoms with Gasteiger partial charge in [-0.25, -0.2) is 13.9 Å². The van der Waals surface area contributed by atoms with Gasteiger partial charge in [-0.1, -0.05) is 0 Å². The van der Waals surface area contributed by atoms with E-state index < -0.39 is 10.2 Å². The van der Waals surface area contributed by atoms with Gasteiger partial charge in [0.25, 0.3) is 5.56 Å². The molecular formula is C19H24N6O4S. The summed E-state index contributed by atoms with van der Waals surface area (Å²) < 4.78 is 34.1. The summed E-state index contributed by atoms with van der Waals surface area (Å²) in [6.45, 7) is 1.46. The summed E-state index contributed by atoms with van der Waals surface area (Å²) in [5.74, 6) is 0.342. The largest absolute Gasteiger partial charge is 0.381 e. The minimum atomic E-state index is -3.65. The summed E-state index contributed by atoms with van der Waals surface area (Å²) in [6.07, 6.45) is 6.02. The molecule has 0 amide bonds. The SMILES string of the molecule is CN(C)S(=O)(=O)n1ccnc1CNc1ccc2ncn(C3CCOCC3)c(=O)c2c1. The first-order valence-corrected chi connectivity index (χ1v) is 11.1. The topological polar surface area (TPSA) is 111 Å². The van der Waals surface area contributed by atoms with Crippen molar-refractivity contribution >= 4 is 26.8 Å². The second-order valence-electron chi connectivity index (χ2n) is 7.32. The fourth-order valence-electron chi connectivity index (χ4n) is 3.48. The number of hydrogen-bond acceptors (Lipinski definition) is 7. The second kappa shape index (κ2) is 8.17. The molecule has 0 atom stereocenters. The lowest BCUT2D eigenvalue weighted by atomic mass is 10.1. The van der Waals surface area contributed by atoms with Crippen LogP contribution in [0.4, 0.5) is 5.69 Å². The quantitative estimate of drug-likeness (QED) is 0.623. The Morgan fingerprint density at radius 1 is 1.23 bits per heavy atom. The molecule has 3 aromatic rings. The molecule has 1 aromatic carbocycles. The summed E-state index contributed by atoms with van der Waals surface area (Å²) in [5.41, 5.74) is 1.21. The van der Waals surface area contributed by atoms with Crippen LogP contribution in [0.5, 0.6) is 0 Å². The Balaban J connectivity index is 1.60. The van der Waals surface area contributed by atoms with Crippen molar-refractivity contribution in [3.8, 4) is 0 Å². The highest BCUT2D eigenvalue weighted by Crippen LogP contribution is 2.21. The van der Waals surface area contributed by atoms with Crippen molar-refractivity contribution < 1.29 is 13.2 Å². The Hall–Kier alpha value is -2.76. The van der Waals surface area contributed by atoms with E-state index in [2.05, 4.69) is 15.3 Å². The highest BCUT2D eigenvalue weighted by Gasteiger charge is 2.20. The maximum atomic E-state index is 13.0. The van der Waals surface area contributed by atoms with E-state index in [1.165, 1.54) is 26.5 Å². The third-order valence-electron chi connectivity index (χ3n) is 5.21. The van der Waals surface area contributed by atoms with Gasteiger partial charge >= 0.3 is 10.2 Å². The Morgan fingerprint density at radius 3 is 2.73 bits per heavy atom. The zero-order valence-electron chi connectivity index (χ0n) is 16.9. The molecule has 3 heterocycles. The van der Waals surface area contributed by atoms with Crippen molar-refractivity contribution in [1.29, 1.82) is 0 Å². The number of fused-ring (bicyclic) bond motifs is 1. The van der Waals surface area contributed by atoms with Crippen LogP contribution in [0.3, 0.4) is 0 Å². The van der Waals surface area contributed by atoms with Gasteiger partial charge in [-0.2, -0.15) is 12.7 Å². The molecule has 1 fully saturated rings. The number of aromatic nitrogens is 4. The molecule has 11 heteroatoms. The molecule has 4 rings (SSSR count). The van der Waals surface area contributed by atoms with Crippen molar-refractivity contribution in [3.05, 3.63) is 53.1 Å². The third kappa shape index (κ3) is 3.83. The summed E-state index contributed by atoms with van der Waals surface area (Å²) >= 11 is 0. The molecule has 0 spiro atoms. The van der Waals surface area contributed by atoms with Crippen LogP contribution in [-0.2, 0) is 21.5 Å². The van der Waals surface area contributed by atoms with Crippen LogP contribution in [0.2, 0.25) is 0 Å². The van der Waals surface area contributed by atoms with Crippen LogP contribution in [0.15, 0.2) is 41.7 Å². The molecule has 30 heavy (non-hydrogen) atoms. The van der Waals surface area contributed by atoms with E-state index in [-0.39, 0.29) is 18.1 Å². The highest BCUT2D eigenvalue weighted by molar-refractivity contribution is 7.87. The Bertz CT molecular complexity index is 1210. The van der Waals surface area contributed by atoms with E-state index >= 15 is 0 Å². The highest BCUT2D eigenvalue weighted by atomic mass is 32.2. The average molecular weight is 433 g/mol. The van der Waals surface area contributed by atoms with Gasteiger partial charge in [0.15, 0.2) is 0 Å². The van der Waals surface area contributed by atoms with Crippen LogP contribution in [0, 0.1) is 0 Å². The van der Waals surface area contributed by atoms with Crippen LogP contribution < -0.4 is 10.9 Å². The van der Waals surface area contributed by atoms with Gasteiger partial charge < -0.3 is 10.1 Å². The molecule has 0 bridgehead atoms. The summed E-state index contributed by atoms with van der Waals surface area (Å²) in [5, 5.41) is 3.67. The van der Waals surface area contributed by atoms with Crippen molar-refractivity contribution in [2.45, 2.75) is 25.4 Å². The standard InChI is InChI=1S/C19H24N6O4S/c1-23(2)30(27,28)25-8-7-20-18(25)12-21-14-3-4-17-16(11-14)19(26)24(13-22-17)15-5-9-29-10-6-15/h3-4,7-8,11,13,15,21H,5-6,9-10,12H2,1-2H3. The number of hydrogen-bond donors (Lipinski definition) is 1. The van der Waals surface area contributed by atoms with E-state index in [0.717, 1.165) is 21.1 Å². The van der Waals surface area contributed by atoms with Gasteiger partial charge in [0.2, 0.25) is 0 Å². The number of imidazole rings is 1. The summed E-state index contributed by atoms with van der Waals surface area (Å²) in [4.78, 5) is 21.6. The van der Waals surface area contributed by atoms with Gasteiger partial charge in [0.05, 0.1) is 23.8 Å². The van der Waals surface area contributed by atoms with Crippen molar-refractivity contribution in [2.24, 2.45) is 0 Å². The Kier molecular flexibility index (Phi) is 5.58. The zero-order valence-corrected chi connectivity index (χ0v) is 17.7. The van der Waals surface area contributed by atoms with E-state index in [1.807, 2.05) is 0 Å². The predicted molar refractivity (Wildman–Crippen MR) is 113 cm³/mol. The molecule has 2 aromatic heterocycles. The number of nitrogens with zero attached hydrogens (tertiary/aromatic N) is 5. The van der Waals surface area contributed by atoms with Gasteiger partial charge in [-0.3, -0.25) is 9.36 Å². The normalized spacial score (nSPS) is 15.7. The molecule has 0 aliphatic carbocycles. The first kappa shape index (κ1) is 20.5. The zero-order chi connectivity index (χ0) is 21.3. The first-order valence-electron chi connectivity index (χ1n) is 9.65.